The number of piperazine rings is 1. The molecule has 1 heterocycles. The predicted molar refractivity (Wildman–Crippen MR) is 95.5 cm³/mol. The number of carbonyl (C=O) groups excluding carboxylic acids is 1. The van der Waals surface area contributed by atoms with E-state index in [1.54, 1.807) is 6.07 Å². The van der Waals surface area contributed by atoms with Crippen molar-refractivity contribution >= 4 is 28.9 Å². The van der Waals surface area contributed by atoms with Crippen LogP contribution in [0.2, 0.25) is 5.02 Å². The van der Waals surface area contributed by atoms with Gasteiger partial charge in [0.05, 0.1) is 22.0 Å². The van der Waals surface area contributed by atoms with Gasteiger partial charge in [-0.25, -0.2) is 8.78 Å². The lowest BCUT2D eigenvalue weighted by molar-refractivity contribution is 0.102. The van der Waals surface area contributed by atoms with Crippen LogP contribution in [0.25, 0.3) is 0 Å². The summed E-state index contributed by atoms with van der Waals surface area (Å²) in [5.74, 6) is -2.77. The van der Waals surface area contributed by atoms with Gasteiger partial charge in [-0.1, -0.05) is 23.7 Å². The van der Waals surface area contributed by atoms with E-state index in [1.807, 2.05) is 18.2 Å². The molecule has 4 nitrogen and oxygen atoms in total. The van der Waals surface area contributed by atoms with Crippen LogP contribution in [0.3, 0.4) is 0 Å². The lowest BCUT2D eigenvalue weighted by atomic mass is 10.1. The maximum atomic E-state index is 13.4. The zero-order valence-corrected chi connectivity index (χ0v) is 14.5. The molecule has 0 radical (unpaired) electrons. The predicted octanol–water partition coefficient (Wildman–Crippen LogP) is 3.62. The van der Waals surface area contributed by atoms with Gasteiger partial charge in [-0.3, -0.25) is 4.79 Å². The molecule has 25 heavy (non-hydrogen) atoms. The molecule has 2 aromatic carbocycles. The van der Waals surface area contributed by atoms with Gasteiger partial charge >= 0.3 is 0 Å². The molecule has 7 heteroatoms. The minimum absolute atomic E-state index is 0.103. The molecule has 1 N–H and O–H groups in total. The van der Waals surface area contributed by atoms with Gasteiger partial charge in [-0.15, -0.1) is 0 Å². The molecule has 1 saturated heterocycles. The molecular weight excluding hydrogens is 348 g/mol. The van der Waals surface area contributed by atoms with Gasteiger partial charge in [-0.05, 0) is 31.3 Å². The molecule has 0 unspecified atom stereocenters. The molecule has 0 bridgehead atoms. The lowest BCUT2D eigenvalue weighted by Gasteiger charge is -2.35. The second-order valence-electron chi connectivity index (χ2n) is 6.01. The Hall–Kier alpha value is -2.18. The quantitative estimate of drug-likeness (QED) is 0.844. The first kappa shape index (κ1) is 17.6. The van der Waals surface area contributed by atoms with Gasteiger partial charge in [-0.2, -0.15) is 0 Å². The molecule has 1 aliphatic heterocycles. The van der Waals surface area contributed by atoms with Crippen LogP contribution >= 0.6 is 11.6 Å². The summed E-state index contributed by atoms with van der Waals surface area (Å²) >= 11 is 5.88. The van der Waals surface area contributed by atoms with E-state index < -0.39 is 17.5 Å². The average Bonchev–Trinajstić information content (AvgIpc) is 2.59. The fourth-order valence-electron chi connectivity index (χ4n) is 2.79. The molecule has 0 aromatic heterocycles. The molecule has 1 aliphatic rings. The van der Waals surface area contributed by atoms with Gasteiger partial charge in [0.2, 0.25) is 0 Å². The van der Waals surface area contributed by atoms with Crippen LogP contribution in [0.1, 0.15) is 10.4 Å². The summed E-state index contributed by atoms with van der Waals surface area (Å²) in [6, 6.07) is 9.02. The van der Waals surface area contributed by atoms with Gasteiger partial charge in [0, 0.05) is 26.2 Å². The Labute approximate surface area is 150 Å². The van der Waals surface area contributed by atoms with Crippen molar-refractivity contribution in [3.8, 4) is 0 Å². The molecule has 0 spiro atoms. The summed E-state index contributed by atoms with van der Waals surface area (Å²) in [6.45, 7) is 3.54. The zero-order chi connectivity index (χ0) is 18.0. The number of hydrogen-bond acceptors (Lipinski definition) is 3. The summed E-state index contributed by atoms with van der Waals surface area (Å²) in [5.41, 5.74) is 1.40. The van der Waals surface area contributed by atoms with Crippen LogP contribution in [-0.4, -0.2) is 44.0 Å². The van der Waals surface area contributed by atoms with E-state index in [0.717, 1.165) is 44.0 Å². The third-order valence-corrected chi connectivity index (χ3v) is 4.56. The molecule has 1 fully saturated rings. The highest BCUT2D eigenvalue weighted by molar-refractivity contribution is 6.34. The fourth-order valence-corrected chi connectivity index (χ4v) is 3.02. The van der Waals surface area contributed by atoms with Gasteiger partial charge in [0.1, 0.15) is 0 Å². The summed E-state index contributed by atoms with van der Waals surface area (Å²) in [6.07, 6.45) is 0. The summed E-state index contributed by atoms with van der Waals surface area (Å²) in [4.78, 5) is 16.9. The Morgan fingerprint density at radius 2 is 1.72 bits per heavy atom. The van der Waals surface area contributed by atoms with Crippen molar-refractivity contribution in [3.63, 3.8) is 0 Å². The number of anilines is 2. The molecular formula is C18H18ClF2N3O. The van der Waals surface area contributed by atoms with Crippen LogP contribution in [0.5, 0.6) is 0 Å². The first-order valence-electron chi connectivity index (χ1n) is 7.94. The summed E-state index contributed by atoms with van der Waals surface area (Å²) in [5, 5.41) is 2.62. The van der Waals surface area contributed by atoms with E-state index in [9.17, 15) is 13.6 Å². The number of nitrogens with one attached hydrogen (secondary N) is 1. The number of amides is 1. The van der Waals surface area contributed by atoms with E-state index in [0.29, 0.717) is 5.69 Å². The van der Waals surface area contributed by atoms with Crippen LogP contribution in [0.15, 0.2) is 36.4 Å². The topological polar surface area (TPSA) is 35.6 Å². The molecule has 1 amide bonds. The van der Waals surface area contributed by atoms with Crippen LogP contribution in [-0.2, 0) is 0 Å². The minimum atomic E-state index is -1.11. The van der Waals surface area contributed by atoms with Crippen LogP contribution in [0.4, 0.5) is 20.2 Å². The van der Waals surface area contributed by atoms with Crippen molar-refractivity contribution in [2.75, 3.05) is 43.4 Å². The highest BCUT2D eigenvalue weighted by Crippen LogP contribution is 2.28. The Kier molecular flexibility index (Phi) is 5.20. The van der Waals surface area contributed by atoms with E-state index in [2.05, 4.69) is 22.2 Å². The number of benzene rings is 2. The summed E-state index contributed by atoms with van der Waals surface area (Å²) in [7, 11) is 2.07. The molecule has 0 atom stereocenters. The van der Waals surface area contributed by atoms with Gasteiger partial charge in [0.15, 0.2) is 11.6 Å². The third-order valence-electron chi connectivity index (χ3n) is 4.25. The normalized spacial score (nSPS) is 15.3. The summed E-state index contributed by atoms with van der Waals surface area (Å²) < 4.78 is 26.6. The van der Waals surface area contributed by atoms with E-state index in [1.165, 1.54) is 0 Å². The largest absolute Gasteiger partial charge is 0.367 e. The number of para-hydroxylation sites is 2. The Morgan fingerprint density at radius 3 is 2.44 bits per heavy atom. The maximum absolute atomic E-state index is 13.4. The first-order chi connectivity index (χ1) is 12.0. The Balaban J connectivity index is 1.84. The van der Waals surface area contributed by atoms with Crippen LogP contribution < -0.4 is 10.2 Å². The maximum Gasteiger partial charge on any atom is 0.257 e. The van der Waals surface area contributed by atoms with Crippen molar-refractivity contribution in [3.05, 3.63) is 58.6 Å². The smallest absolute Gasteiger partial charge is 0.257 e. The van der Waals surface area contributed by atoms with E-state index in [4.69, 9.17) is 11.6 Å². The SMILES string of the molecule is CN1CCN(c2ccccc2NC(=O)c2cc(F)c(F)cc2Cl)CC1. The van der Waals surface area contributed by atoms with Crippen LogP contribution in [0, 0.1) is 11.6 Å². The molecule has 2 aromatic rings. The molecule has 0 aliphatic carbocycles. The Bertz CT molecular complexity index is 792. The Morgan fingerprint density at radius 1 is 1.08 bits per heavy atom. The first-order valence-corrected chi connectivity index (χ1v) is 8.32. The third kappa shape index (κ3) is 3.91. The van der Waals surface area contributed by atoms with Gasteiger partial charge < -0.3 is 15.1 Å². The number of likely N-dealkylation sites (N-methyl/N-ethyl adjacent to an activating group) is 1. The zero-order valence-electron chi connectivity index (χ0n) is 13.7. The minimum Gasteiger partial charge on any atom is -0.367 e. The van der Waals surface area contributed by atoms with Crippen molar-refractivity contribution in [1.82, 2.24) is 4.90 Å². The highest BCUT2D eigenvalue weighted by atomic mass is 35.5. The number of hydrogen-bond donors (Lipinski definition) is 1. The molecule has 0 saturated carbocycles. The number of halogens is 3. The van der Waals surface area contributed by atoms with E-state index in [-0.39, 0.29) is 10.6 Å². The molecule has 3 rings (SSSR count). The monoisotopic (exact) mass is 365 g/mol. The van der Waals surface area contributed by atoms with E-state index >= 15 is 0 Å². The lowest BCUT2D eigenvalue weighted by Crippen LogP contribution is -2.44. The molecule has 132 valence electrons. The van der Waals surface area contributed by atoms with Crippen molar-refractivity contribution in [1.29, 1.82) is 0 Å². The average molecular weight is 366 g/mol. The van der Waals surface area contributed by atoms with Crippen molar-refractivity contribution in [2.24, 2.45) is 0 Å². The van der Waals surface area contributed by atoms with Gasteiger partial charge in [0.25, 0.3) is 5.91 Å². The van der Waals surface area contributed by atoms with Crippen molar-refractivity contribution in [2.45, 2.75) is 0 Å². The number of nitrogens with zero attached hydrogens (tertiary/aromatic N) is 2. The standard InChI is InChI=1S/C18H18ClF2N3O/c1-23-6-8-24(9-7-23)17-5-3-2-4-16(17)22-18(25)12-10-14(20)15(21)11-13(12)19/h2-5,10-11H,6-9H2,1H3,(H,22,25). The second kappa shape index (κ2) is 7.37. The fraction of sp³-hybridized carbons (Fsp3) is 0.278. The van der Waals surface area contributed by atoms with Crippen molar-refractivity contribution < 1.29 is 13.6 Å². The second-order valence-corrected chi connectivity index (χ2v) is 6.41. The highest BCUT2D eigenvalue weighted by Gasteiger charge is 2.20. The number of rotatable bonds is 3. The number of carbonyl (C=O) groups is 1.